The van der Waals surface area contributed by atoms with Crippen molar-refractivity contribution in [2.45, 2.75) is 13.3 Å². The molecule has 0 spiro atoms. The van der Waals surface area contributed by atoms with Crippen molar-refractivity contribution in [3.8, 4) is 5.75 Å². The first-order valence-electron chi connectivity index (χ1n) is 6.62. The Hall–Kier alpha value is -2.42. The number of methoxy groups -OCH3 is 1. The summed E-state index contributed by atoms with van der Waals surface area (Å²) in [6.45, 7) is 1.93. The summed E-state index contributed by atoms with van der Waals surface area (Å²) in [7, 11) is 1.70. The van der Waals surface area contributed by atoms with E-state index in [0.29, 0.717) is 0 Å². The van der Waals surface area contributed by atoms with Gasteiger partial charge in [-0.1, -0.05) is 36.4 Å². The van der Waals surface area contributed by atoms with Crippen LogP contribution in [0.25, 0.3) is 10.9 Å². The van der Waals surface area contributed by atoms with Crippen LogP contribution in [0.15, 0.2) is 48.5 Å². The predicted octanol–water partition coefficient (Wildman–Crippen LogP) is 3.54. The Kier molecular flexibility index (Phi) is 3.33. The first-order valence-corrected chi connectivity index (χ1v) is 6.62. The van der Waals surface area contributed by atoms with Gasteiger partial charge in [0.25, 0.3) is 0 Å². The zero-order chi connectivity index (χ0) is 13.9. The molecule has 3 heteroatoms. The van der Waals surface area contributed by atoms with Crippen LogP contribution in [0.5, 0.6) is 5.75 Å². The van der Waals surface area contributed by atoms with Gasteiger partial charge in [0.1, 0.15) is 11.6 Å². The molecule has 1 aromatic heterocycles. The molecule has 0 radical (unpaired) electrons. The summed E-state index contributed by atoms with van der Waals surface area (Å²) in [5, 5.41) is 1.10. The molecule has 3 rings (SSSR count). The highest BCUT2D eigenvalue weighted by Crippen LogP contribution is 2.24. The molecule has 100 valence electrons. The molecule has 3 aromatic rings. The molecule has 0 atom stereocenters. The highest BCUT2D eigenvalue weighted by molar-refractivity contribution is 5.81. The molecule has 0 saturated carbocycles. The van der Waals surface area contributed by atoms with Crippen LogP contribution < -0.4 is 4.74 Å². The lowest BCUT2D eigenvalue weighted by Gasteiger charge is -2.10. The molecule has 0 aliphatic carbocycles. The lowest BCUT2D eigenvalue weighted by molar-refractivity contribution is 0.410. The molecular weight excluding hydrogens is 248 g/mol. The van der Waals surface area contributed by atoms with Crippen molar-refractivity contribution in [3.05, 3.63) is 65.6 Å². The number of nitrogens with zero attached hydrogens (tertiary/aromatic N) is 2. The summed E-state index contributed by atoms with van der Waals surface area (Å²) < 4.78 is 5.42. The minimum atomic E-state index is 0.744. The molecule has 20 heavy (non-hydrogen) atoms. The minimum absolute atomic E-state index is 0.744. The summed E-state index contributed by atoms with van der Waals surface area (Å²) in [4.78, 5) is 9.08. The van der Waals surface area contributed by atoms with Gasteiger partial charge >= 0.3 is 0 Å². The van der Waals surface area contributed by atoms with Gasteiger partial charge < -0.3 is 4.74 Å². The lowest BCUT2D eigenvalue weighted by atomic mass is 10.0. The molecule has 0 saturated heterocycles. The van der Waals surface area contributed by atoms with Gasteiger partial charge in [0.15, 0.2) is 0 Å². The average molecular weight is 264 g/mol. The molecule has 0 aliphatic heterocycles. The monoisotopic (exact) mass is 264 g/mol. The quantitative estimate of drug-likeness (QED) is 0.725. The number of para-hydroxylation sites is 2. The predicted molar refractivity (Wildman–Crippen MR) is 80.1 cm³/mol. The summed E-state index contributed by atoms with van der Waals surface area (Å²) >= 11 is 0. The van der Waals surface area contributed by atoms with E-state index in [4.69, 9.17) is 4.74 Å². The van der Waals surface area contributed by atoms with E-state index < -0.39 is 0 Å². The molecule has 0 aliphatic rings. The van der Waals surface area contributed by atoms with Crippen LogP contribution in [0.4, 0.5) is 0 Å². The van der Waals surface area contributed by atoms with Crippen LogP contribution in [0, 0.1) is 6.92 Å². The first kappa shape index (κ1) is 12.6. The van der Waals surface area contributed by atoms with E-state index in [1.54, 1.807) is 7.11 Å². The van der Waals surface area contributed by atoms with Gasteiger partial charge in [-0.3, -0.25) is 0 Å². The van der Waals surface area contributed by atoms with Crippen LogP contribution >= 0.6 is 0 Å². The largest absolute Gasteiger partial charge is 0.496 e. The van der Waals surface area contributed by atoms with E-state index in [2.05, 4.69) is 22.1 Å². The first-order chi connectivity index (χ1) is 9.78. The second kappa shape index (κ2) is 5.29. The lowest BCUT2D eigenvalue weighted by Crippen LogP contribution is -2.00. The fraction of sp³-hybridized carbons (Fsp3) is 0.176. The normalized spacial score (nSPS) is 10.7. The number of benzene rings is 2. The van der Waals surface area contributed by atoms with Crippen molar-refractivity contribution in [1.82, 2.24) is 9.97 Å². The average Bonchev–Trinajstić information content (AvgIpc) is 2.47. The third-order valence-corrected chi connectivity index (χ3v) is 3.34. The Balaban J connectivity index is 2.10. The molecule has 0 amide bonds. The van der Waals surface area contributed by atoms with E-state index in [0.717, 1.165) is 40.2 Å². The minimum Gasteiger partial charge on any atom is -0.496 e. The maximum Gasteiger partial charge on any atom is 0.126 e. The van der Waals surface area contributed by atoms with Crippen molar-refractivity contribution in [3.63, 3.8) is 0 Å². The van der Waals surface area contributed by atoms with E-state index >= 15 is 0 Å². The maximum atomic E-state index is 5.42. The summed E-state index contributed by atoms with van der Waals surface area (Å²) in [5.41, 5.74) is 3.17. The highest BCUT2D eigenvalue weighted by atomic mass is 16.5. The topological polar surface area (TPSA) is 35.0 Å². The Morgan fingerprint density at radius 1 is 0.950 bits per heavy atom. The van der Waals surface area contributed by atoms with Gasteiger partial charge in [0.2, 0.25) is 0 Å². The second-order valence-electron chi connectivity index (χ2n) is 4.72. The number of aryl methyl sites for hydroxylation is 1. The third kappa shape index (κ3) is 2.35. The smallest absolute Gasteiger partial charge is 0.126 e. The molecule has 0 N–H and O–H groups in total. The standard InChI is InChI=1S/C17H16N2O/c1-12-18-15-9-5-4-8-14(15)16(19-12)11-13-7-3-6-10-17(13)20-2/h3-10H,11H2,1-2H3. The van der Waals surface area contributed by atoms with E-state index in [1.165, 1.54) is 0 Å². The van der Waals surface area contributed by atoms with Gasteiger partial charge in [-0.15, -0.1) is 0 Å². The van der Waals surface area contributed by atoms with E-state index in [9.17, 15) is 0 Å². The molecule has 0 unspecified atom stereocenters. The summed E-state index contributed by atoms with van der Waals surface area (Å²) in [5.74, 6) is 1.70. The van der Waals surface area contributed by atoms with Gasteiger partial charge in [-0.2, -0.15) is 0 Å². The molecule has 0 fully saturated rings. The van der Waals surface area contributed by atoms with Crippen molar-refractivity contribution >= 4 is 10.9 Å². The zero-order valence-corrected chi connectivity index (χ0v) is 11.6. The van der Waals surface area contributed by atoms with Gasteiger partial charge in [0, 0.05) is 17.4 Å². The molecule has 0 bridgehead atoms. The number of aromatic nitrogens is 2. The Labute approximate surface area is 118 Å². The van der Waals surface area contributed by atoms with Crippen LogP contribution in [-0.2, 0) is 6.42 Å². The number of fused-ring (bicyclic) bond motifs is 1. The molecule has 1 heterocycles. The fourth-order valence-electron chi connectivity index (χ4n) is 2.43. The van der Waals surface area contributed by atoms with Gasteiger partial charge in [-0.25, -0.2) is 9.97 Å². The number of rotatable bonds is 3. The van der Waals surface area contributed by atoms with Crippen molar-refractivity contribution in [1.29, 1.82) is 0 Å². The van der Waals surface area contributed by atoms with E-state index in [1.807, 2.05) is 43.3 Å². The SMILES string of the molecule is COc1ccccc1Cc1nc(C)nc2ccccc12. The summed E-state index contributed by atoms with van der Waals surface area (Å²) in [6, 6.07) is 16.2. The Morgan fingerprint density at radius 2 is 1.70 bits per heavy atom. The zero-order valence-electron chi connectivity index (χ0n) is 11.6. The maximum absolute atomic E-state index is 5.42. The van der Waals surface area contributed by atoms with Crippen LogP contribution in [0.1, 0.15) is 17.1 Å². The van der Waals surface area contributed by atoms with Crippen LogP contribution in [0.2, 0.25) is 0 Å². The van der Waals surface area contributed by atoms with Crippen molar-refractivity contribution < 1.29 is 4.74 Å². The number of ether oxygens (including phenoxy) is 1. The molecule has 2 aromatic carbocycles. The molecular formula is C17H16N2O. The second-order valence-corrected chi connectivity index (χ2v) is 4.72. The number of hydrogen-bond donors (Lipinski definition) is 0. The third-order valence-electron chi connectivity index (χ3n) is 3.34. The Bertz CT molecular complexity index is 753. The fourth-order valence-corrected chi connectivity index (χ4v) is 2.43. The van der Waals surface area contributed by atoms with E-state index in [-0.39, 0.29) is 0 Å². The van der Waals surface area contributed by atoms with Gasteiger partial charge in [0.05, 0.1) is 18.3 Å². The van der Waals surface area contributed by atoms with Crippen molar-refractivity contribution in [2.24, 2.45) is 0 Å². The molecule has 3 nitrogen and oxygen atoms in total. The highest BCUT2D eigenvalue weighted by Gasteiger charge is 2.09. The van der Waals surface area contributed by atoms with Gasteiger partial charge in [-0.05, 0) is 19.1 Å². The number of hydrogen-bond acceptors (Lipinski definition) is 3. The van der Waals surface area contributed by atoms with Crippen molar-refractivity contribution in [2.75, 3.05) is 7.11 Å². The van der Waals surface area contributed by atoms with Crippen LogP contribution in [0.3, 0.4) is 0 Å². The Morgan fingerprint density at radius 3 is 2.55 bits per heavy atom. The summed E-state index contributed by atoms with van der Waals surface area (Å²) in [6.07, 6.45) is 0.744. The van der Waals surface area contributed by atoms with Crippen LogP contribution in [-0.4, -0.2) is 17.1 Å².